The minimum absolute atomic E-state index is 0.464. The van der Waals surface area contributed by atoms with E-state index in [2.05, 4.69) is 44.2 Å². The number of fused-ring (bicyclic) bond motifs is 8. The highest BCUT2D eigenvalue weighted by molar-refractivity contribution is 5.77. The van der Waals surface area contributed by atoms with Crippen LogP contribution >= 0.6 is 0 Å². The third-order valence-electron chi connectivity index (χ3n) is 5.08. The zero-order chi connectivity index (χ0) is 23.2. The number of nitrogens with two attached hydrogens (primary N) is 2. The van der Waals surface area contributed by atoms with Gasteiger partial charge in [-0.25, -0.2) is 9.97 Å². The Labute approximate surface area is 190 Å². The topological polar surface area (TPSA) is 147 Å². The van der Waals surface area contributed by atoms with Gasteiger partial charge in [-0.15, -0.1) is 0 Å². The summed E-state index contributed by atoms with van der Waals surface area (Å²) in [7, 11) is 0. The van der Waals surface area contributed by atoms with E-state index in [1.165, 1.54) is 0 Å². The third-order valence-corrected chi connectivity index (χ3v) is 5.08. The van der Waals surface area contributed by atoms with E-state index in [1.54, 1.807) is 0 Å². The SMILES string of the molecule is C1=Cc2cc3ccc(cc4nc(cc5ccc(cc1n2)[nH]5)C=C4)[nH]3.NCCC[C@@H](N)C(=O)O. The molecule has 0 aliphatic carbocycles. The quantitative estimate of drug-likeness (QED) is 0.286. The largest absolute Gasteiger partial charge is 0.480 e. The standard InChI is InChI=1S/C20H14N4.C5H12N2O2/c1-2-14-10-16-5-6-18(23-16)12-20-8-7-19(24-20)11-17-4-3-15(22-17)9-13(1)21-14;6-3-1-2-4(7)5(8)9/h1-12,21,24H;4H,1-3,6-7H2,(H,8,9)/t;4-/m.1/s1. The maximum Gasteiger partial charge on any atom is 0.320 e. The molecule has 33 heavy (non-hydrogen) atoms. The first kappa shape index (κ1) is 22.2. The molecule has 0 saturated carbocycles. The first-order valence-corrected chi connectivity index (χ1v) is 10.7. The molecule has 8 nitrogen and oxygen atoms in total. The molecule has 2 aliphatic heterocycles. The molecule has 0 spiro atoms. The number of hydrogen-bond acceptors (Lipinski definition) is 5. The predicted octanol–water partition coefficient (Wildman–Crippen LogP) is 3.79. The predicted molar refractivity (Wildman–Crippen MR) is 133 cm³/mol. The molecule has 0 saturated heterocycles. The van der Waals surface area contributed by atoms with Gasteiger partial charge in [0.05, 0.1) is 22.8 Å². The molecular formula is C25H26N6O2. The van der Waals surface area contributed by atoms with Crippen LogP contribution in [0.25, 0.3) is 46.4 Å². The van der Waals surface area contributed by atoms with E-state index in [0.717, 1.165) is 44.8 Å². The first-order chi connectivity index (χ1) is 16.0. The maximum atomic E-state index is 10.0. The molecule has 5 rings (SSSR count). The van der Waals surface area contributed by atoms with Gasteiger partial charge in [0, 0.05) is 22.1 Å². The van der Waals surface area contributed by atoms with Crippen LogP contribution in [0.15, 0.2) is 48.5 Å². The van der Waals surface area contributed by atoms with Crippen LogP contribution in [-0.4, -0.2) is 43.6 Å². The van der Waals surface area contributed by atoms with E-state index < -0.39 is 12.0 Å². The molecular weight excluding hydrogens is 416 g/mol. The van der Waals surface area contributed by atoms with Crippen molar-refractivity contribution in [2.75, 3.05) is 6.54 Å². The lowest BCUT2D eigenvalue weighted by atomic mass is 10.2. The van der Waals surface area contributed by atoms with Crippen LogP contribution in [0.1, 0.15) is 35.6 Å². The number of carbonyl (C=O) groups is 1. The zero-order valence-corrected chi connectivity index (χ0v) is 18.0. The summed E-state index contributed by atoms with van der Waals surface area (Å²) in [6.07, 6.45) is 9.23. The Morgan fingerprint density at radius 3 is 1.45 bits per heavy atom. The van der Waals surface area contributed by atoms with Gasteiger partial charge in [0.2, 0.25) is 0 Å². The number of carboxylic acid groups (broad SMARTS) is 1. The van der Waals surface area contributed by atoms with Crippen LogP contribution in [0.3, 0.4) is 0 Å². The van der Waals surface area contributed by atoms with Gasteiger partial charge < -0.3 is 26.5 Å². The average molecular weight is 443 g/mol. The van der Waals surface area contributed by atoms with Crippen molar-refractivity contribution in [2.45, 2.75) is 18.9 Å². The Hall–Kier alpha value is -4.01. The fourth-order valence-electron chi connectivity index (χ4n) is 3.40. The van der Waals surface area contributed by atoms with Crippen molar-refractivity contribution in [2.24, 2.45) is 11.5 Å². The second kappa shape index (κ2) is 10.1. The Morgan fingerprint density at radius 2 is 1.15 bits per heavy atom. The second-order valence-electron chi connectivity index (χ2n) is 7.78. The Balaban J connectivity index is 0.000000248. The van der Waals surface area contributed by atoms with Gasteiger partial charge in [-0.1, -0.05) is 0 Å². The Bertz CT molecular complexity index is 1190. The van der Waals surface area contributed by atoms with Gasteiger partial charge in [0.25, 0.3) is 0 Å². The van der Waals surface area contributed by atoms with Crippen LogP contribution < -0.4 is 11.5 Å². The molecule has 0 unspecified atom stereocenters. The zero-order valence-electron chi connectivity index (χ0n) is 18.0. The van der Waals surface area contributed by atoms with E-state index in [-0.39, 0.29) is 0 Å². The number of H-pyrrole nitrogens is 2. The molecule has 8 bridgehead atoms. The van der Waals surface area contributed by atoms with Crippen LogP contribution in [0.4, 0.5) is 0 Å². The molecule has 3 aromatic heterocycles. The van der Waals surface area contributed by atoms with Gasteiger partial charge >= 0.3 is 5.97 Å². The highest BCUT2D eigenvalue weighted by Gasteiger charge is 2.08. The van der Waals surface area contributed by atoms with Crippen molar-refractivity contribution in [1.82, 2.24) is 19.9 Å². The smallest absolute Gasteiger partial charge is 0.320 e. The third kappa shape index (κ3) is 6.03. The number of nitrogens with one attached hydrogen (secondary N) is 2. The summed E-state index contributed by atoms with van der Waals surface area (Å²) >= 11 is 0. The van der Waals surface area contributed by atoms with E-state index in [1.807, 2.05) is 48.6 Å². The Morgan fingerprint density at radius 1 is 0.788 bits per heavy atom. The number of aromatic nitrogens is 4. The highest BCUT2D eigenvalue weighted by Crippen LogP contribution is 2.16. The van der Waals surface area contributed by atoms with Crippen LogP contribution in [0.5, 0.6) is 0 Å². The summed E-state index contributed by atoms with van der Waals surface area (Å²) < 4.78 is 0. The fourth-order valence-corrected chi connectivity index (χ4v) is 3.40. The van der Waals surface area contributed by atoms with Crippen molar-refractivity contribution < 1.29 is 9.90 Å². The highest BCUT2D eigenvalue weighted by atomic mass is 16.4. The summed E-state index contributed by atoms with van der Waals surface area (Å²) in [6, 6.07) is 15.6. The van der Waals surface area contributed by atoms with E-state index in [4.69, 9.17) is 16.6 Å². The van der Waals surface area contributed by atoms with Crippen LogP contribution in [0, 0.1) is 0 Å². The van der Waals surface area contributed by atoms with E-state index >= 15 is 0 Å². The van der Waals surface area contributed by atoms with Crippen molar-refractivity contribution in [1.29, 1.82) is 0 Å². The molecule has 3 aromatic rings. The number of nitrogens with zero attached hydrogens (tertiary/aromatic N) is 2. The number of carboxylic acids is 1. The molecule has 1 atom stereocenters. The summed E-state index contributed by atoms with van der Waals surface area (Å²) in [5, 5.41) is 8.24. The number of aliphatic carboxylic acids is 1. The summed E-state index contributed by atoms with van der Waals surface area (Å²) in [6.45, 7) is 0.501. The molecule has 0 radical (unpaired) electrons. The molecule has 0 amide bonds. The Kier molecular flexibility index (Phi) is 6.77. The molecule has 5 heterocycles. The molecule has 7 N–H and O–H groups in total. The number of aromatic amines is 2. The minimum atomic E-state index is -0.955. The van der Waals surface area contributed by atoms with Crippen molar-refractivity contribution >= 4 is 52.3 Å². The van der Waals surface area contributed by atoms with Crippen molar-refractivity contribution in [3.05, 3.63) is 71.3 Å². The molecule has 8 heteroatoms. The summed E-state index contributed by atoms with van der Waals surface area (Å²) in [5.74, 6) is -0.955. The lowest BCUT2D eigenvalue weighted by Crippen LogP contribution is -2.30. The van der Waals surface area contributed by atoms with Gasteiger partial charge in [-0.2, -0.15) is 0 Å². The van der Waals surface area contributed by atoms with Gasteiger partial charge in [0.15, 0.2) is 0 Å². The number of hydrogen-bond donors (Lipinski definition) is 5. The van der Waals surface area contributed by atoms with Crippen LogP contribution in [0.2, 0.25) is 0 Å². The molecule has 0 aromatic carbocycles. The van der Waals surface area contributed by atoms with Gasteiger partial charge in [0.1, 0.15) is 6.04 Å². The fraction of sp³-hybridized carbons (Fsp3) is 0.160. The van der Waals surface area contributed by atoms with Crippen molar-refractivity contribution in [3.8, 4) is 0 Å². The maximum absolute atomic E-state index is 10.0. The first-order valence-electron chi connectivity index (χ1n) is 10.7. The molecule has 0 fully saturated rings. The second-order valence-corrected chi connectivity index (χ2v) is 7.78. The number of rotatable bonds is 4. The normalized spacial score (nSPS) is 12.8. The average Bonchev–Trinajstić information content (AvgIpc) is 3.58. The molecule has 168 valence electrons. The lowest BCUT2D eigenvalue weighted by molar-refractivity contribution is -0.138. The minimum Gasteiger partial charge on any atom is -0.480 e. The van der Waals surface area contributed by atoms with E-state index in [0.29, 0.717) is 19.4 Å². The van der Waals surface area contributed by atoms with Crippen molar-refractivity contribution in [3.63, 3.8) is 0 Å². The summed E-state index contributed by atoms with van der Waals surface area (Å²) in [4.78, 5) is 26.1. The van der Waals surface area contributed by atoms with Gasteiger partial charge in [-0.3, -0.25) is 4.79 Å². The monoisotopic (exact) mass is 442 g/mol. The van der Waals surface area contributed by atoms with E-state index in [9.17, 15) is 4.79 Å². The lowest BCUT2D eigenvalue weighted by Gasteiger charge is -2.02. The van der Waals surface area contributed by atoms with Gasteiger partial charge in [-0.05, 0) is 92.2 Å². The van der Waals surface area contributed by atoms with Crippen LogP contribution in [-0.2, 0) is 4.79 Å². The summed E-state index contributed by atoms with van der Waals surface area (Å²) in [5.41, 5.74) is 18.1. The molecule has 2 aliphatic rings.